The van der Waals surface area contributed by atoms with Crippen molar-refractivity contribution in [3.8, 4) is 0 Å². The van der Waals surface area contributed by atoms with Gasteiger partial charge in [0, 0.05) is 0 Å². The predicted octanol–water partition coefficient (Wildman–Crippen LogP) is 0.622. The summed E-state index contributed by atoms with van der Waals surface area (Å²) >= 11 is 0. The first-order valence-corrected chi connectivity index (χ1v) is 9.53. The largest absolute Gasteiger partial charge is 0.478 e. The van der Waals surface area contributed by atoms with E-state index in [-0.39, 0.29) is 23.4 Å². The summed E-state index contributed by atoms with van der Waals surface area (Å²) in [6.07, 6.45) is 0.0198. The summed E-state index contributed by atoms with van der Waals surface area (Å²) < 4.78 is 49.3. The van der Waals surface area contributed by atoms with Crippen LogP contribution in [0.4, 0.5) is 5.69 Å². The van der Waals surface area contributed by atoms with Crippen LogP contribution in [0.5, 0.6) is 0 Å². The topological polar surface area (TPSA) is 118 Å². The normalized spacial score (nSPS) is 21.1. The summed E-state index contributed by atoms with van der Waals surface area (Å²) in [7, 11) is -7.29. The minimum Gasteiger partial charge on any atom is -0.478 e. The van der Waals surface area contributed by atoms with Crippen LogP contribution in [0, 0.1) is 6.92 Å². The second-order valence-electron chi connectivity index (χ2n) is 5.03. The Morgan fingerprint density at radius 1 is 1.38 bits per heavy atom. The first-order chi connectivity index (χ1) is 9.61. The first-order valence-electron chi connectivity index (χ1n) is 6.17. The van der Waals surface area contributed by atoms with Gasteiger partial charge >= 0.3 is 5.97 Å². The number of sulfone groups is 1. The number of nitrogens with one attached hydrogen (secondary N) is 1. The Kier molecular flexibility index (Phi) is 3.98. The number of carboxylic acids is 1. The van der Waals surface area contributed by atoms with Crippen molar-refractivity contribution in [2.75, 3.05) is 16.2 Å². The Bertz CT molecular complexity index is 782. The fraction of sp³-hybridized carbons (Fsp3) is 0.417. The van der Waals surface area contributed by atoms with Crippen molar-refractivity contribution in [2.24, 2.45) is 0 Å². The number of benzene rings is 1. The number of hydrogen-bond donors (Lipinski definition) is 2. The maximum atomic E-state index is 12.2. The molecule has 1 aliphatic heterocycles. The van der Waals surface area contributed by atoms with Gasteiger partial charge in [0.05, 0.1) is 28.0 Å². The van der Waals surface area contributed by atoms with Gasteiger partial charge in [-0.2, -0.15) is 0 Å². The Hall–Kier alpha value is -1.61. The molecule has 0 saturated carbocycles. The summed E-state index contributed by atoms with van der Waals surface area (Å²) in [5.41, 5.74) is 0.454. The van der Waals surface area contributed by atoms with Crippen molar-refractivity contribution in [2.45, 2.75) is 18.6 Å². The molecule has 0 aromatic heterocycles. The van der Waals surface area contributed by atoms with Gasteiger partial charge in [-0.05, 0) is 25.5 Å². The molecule has 1 heterocycles. The van der Waals surface area contributed by atoms with E-state index in [4.69, 9.17) is 5.11 Å². The lowest BCUT2D eigenvalue weighted by Gasteiger charge is -2.14. The molecule has 0 amide bonds. The molecule has 1 aliphatic rings. The zero-order valence-electron chi connectivity index (χ0n) is 11.2. The summed E-state index contributed by atoms with van der Waals surface area (Å²) in [4.78, 5) is 11.2. The standard InChI is InChI=1S/C12H15NO6S2/c1-8-2-3-11(10(6-8)12(14)15)13-21(18,19)9-4-5-20(16,17)7-9/h2-3,6,9,13H,4-5,7H2,1H3,(H,14,15). The third kappa shape index (κ3) is 3.53. The van der Waals surface area contributed by atoms with E-state index in [1.165, 1.54) is 12.1 Å². The van der Waals surface area contributed by atoms with Crippen LogP contribution < -0.4 is 4.72 Å². The van der Waals surface area contributed by atoms with Crippen molar-refractivity contribution in [3.63, 3.8) is 0 Å². The molecule has 9 heteroatoms. The number of aryl methyl sites for hydroxylation is 1. The van der Waals surface area contributed by atoms with Crippen molar-refractivity contribution in [3.05, 3.63) is 29.3 Å². The van der Waals surface area contributed by atoms with Gasteiger partial charge in [-0.15, -0.1) is 0 Å². The van der Waals surface area contributed by atoms with Gasteiger partial charge < -0.3 is 5.11 Å². The molecule has 116 valence electrons. The Balaban J connectivity index is 2.32. The van der Waals surface area contributed by atoms with Crippen LogP contribution >= 0.6 is 0 Å². The quantitative estimate of drug-likeness (QED) is 0.834. The Morgan fingerprint density at radius 3 is 2.57 bits per heavy atom. The lowest BCUT2D eigenvalue weighted by Crippen LogP contribution is -2.29. The summed E-state index contributed by atoms with van der Waals surface area (Å²) in [6.45, 7) is 1.69. The fourth-order valence-electron chi connectivity index (χ4n) is 2.17. The number of hydrogen-bond acceptors (Lipinski definition) is 5. The molecule has 1 unspecified atom stereocenters. The molecule has 0 aliphatic carbocycles. The SMILES string of the molecule is Cc1ccc(NS(=O)(=O)C2CCS(=O)(=O)C2)c(C(=O)O)c1. The number of aromatic carboxylic acids is 1. The van der Waals surface area contributed by atoms with Crippen LogP contribution in [0.15, 0.2) is 18.2 Å². The first kappa shape index (κ1) is 15.8. The van der Waals surface area contributed by atoms with E-state index < -0.39 is 36.8 Å². The molecule has 1 aromatic rings. The molecule has 21 heavy (non-hydrogen) atoms. The van der Waals surface area contributed by atoms with Crippen LogP contribution in [0.1, 0.15) is 22.3 Å². The zero-order chi connectivity index (χ0) is 15.8. The molecule has 0 bridgehead atoms. The molecular formula is C12H15NO6S2. The van der Waals surface area contributed by atoms with Crippen molar-refractivity contribution < 1.29 is 26.7 Å². The molecule has 0 radical (unpaired) electrons. The van der Waals surface area contributed by atoms with E-state index >= 15 is 0 Å². The van der Waals surface area contributed by atoms with Crippen LogP contribution in [0.25, 0.3) is 0 Å². The van der Waals surface area contributed by atoms with Crippen molar-refractivity contribution in [1.82, 2.24) is 0 Å². The second kappa shape index (κ2) is 5.30. The van der Waals surface area contributed by atoms with Crippen molar-refractivity contribution >= 4 is 31.5 Å². The molecule has 7 nitrogen and oxygen atoms in total. The number of sulfonamides is 1. The predicted molar refractivity (Wildman–Crippen MR) is 77.7 cm³/mol. The highest BCUT2D eigenvalue weighted by atomic mass is 32.2. The van der Waals surface area contributed by atoms with Crippen LogP contribution in [-0.2, 0) is 19.9 Å². The Labute approximate surface area is 123 Å². The van der Waals surface area contributed by atoms with E-state index in [0.29, 0.717) is 5.56 Å². The van der Waals surface area contributed by atoms with E-state index in [1.54, 1.807) is 13.0 Å². The number of carboxylic acid groups (broad SMARTS) is 1. The number of carbonyl (C=O) groups is 1. The lowest BCUT2D eigenvalue weighted by molar-refractivity contribution is 0.0698. The summed E-state index contributed by atoms with van der Waals surface area (Å²) in [5, 5.41) is 8.05. The maximum Gasteiger partial charge on any atom is 0.337 e. The molecule has 1 aromatic carbocycles. The lowest BCUT2D eigenvalue weighted by atomic mass is 10.1. The fourth-order valence-corrected chi connectivity index (χ4v) is 6.28. The molecule has 1 atom stereocenters. The van der Waals surface area contributed by atoms with Crippen molar-refractivity contribution in [1.29, 1.82) is 0 Å². The van der Waals surface area contributed by atoms with Crippen LogP contribution in [-0.4, -0.2) is 44.7 Å². The zero-order valence-corrected chi connectivity index (χ0v) is 12.9. The van der Waals surface area contributed by atoms with Gasteiger partial charge in [-0.1, -0.05) is 11.6 Å². The average Bonchev–Trinajstić information content (AvgIpc) is 2.72. The highest BCUT2D eigenvalue weighted by Crippen LogP contribution is 2.24. The number of rotatable bonds is 4. The van der Waals surface area contributed by atoms with Gasteiger partial charge in [-0.3, -0.25) is 4.72 Å². The minimum absolute atomic E-state index is 0.0198. The number of anilines is 1. The van der Waals surface area contributed by atoms with E-state index in [9.17, 15) is 21.6 Å². The van der Waals surface area contributed by atoms with Gasteiger partial charge in [0.1, 0.15) is 0 Å². The van der Waals surface area contributed by atoms with Gasteiger partial charge in [-0.25, -0.2) is 21.6 Å². The third-order valence-electron chi connectivity index (χ3n) is 3.29. The molecule has 1 fully saturated rings. The molecular weight excluding hydrogens is 318 g/mol. The summed E-state index contributed by atoms with van der Waals surface area (Å²) in [5.74, 6) is -1.86. The van der Waals surface area contributed by atoms with E-state index in [2.05, 4.69) is 4.72 Å². The molecule has 2 N–H and O–H groups in total. The Morgan fingerprint density at radius 2 is 2.05 bits per heavy atom. The van der Waals surface area contributed by atoms with E-state index in [0.717, 1.165) is 0 Å². The smallest absolute Gasteiger partial charge is 0.337 e. The van der Waals surface area contributed by atoms with Crippen LogP contribution in [0.3, 0.4) is 0 Å². The third-order valence-corrected chi connectivity index (χ3v) is 7.05. The maximum absolute atomic E-state index is 12.2. The van der Waals surface area contributed by atoms with Gasteiger partial charge in [0.25, 0.3) is 0 Å². The van der Waals surface area contributed by atoms with Crippen LogP contribution in [0.2, 0.25) is 0 Å². The molecule has 1 saturated heterocycles. The highest BCUT2D eigenvalue weighted by Gasteiger charge is 2.37. The van der Waals surface area contributed by atoms with E-state index in [1.807, 2.05) is 0 Å². The monoisotopic (exact) mass is 333 g/mol. The molecule has 2 rings (SSSR count). The minimum atomic E-state index is -3.95. The second-order valence-corrected chi connectivity index (χ2v) is 9.22. The van der Waals surface area contributed by atoms with Gasteiger partial charge in [0.15, 0.2) is 9.84 Å². The average molecular weight is 333 g/mol. The van der Waals surface area contributed by atoms with Gasteiger partial charge in [0.2, 0.25) is 10.0 Å². The molecule has 0 spiro atoms. The highest BCUT2D eigenvalue weighted by molar-refractivity contribution is 7.97. The summed E-state index contributed by atoms with van der Waals surface area (Å²) in [6, 6.07) is 4.29.